The summed E-state index contributed by atoms with van der Waals surface area (Å²) >= 11 is 28.6. The van der Waals surface area contributed by atoms with Gasteiger partial charge in [-0.3, -0.25) is 0 Å². The van der Waals surface area contributed by atoms with Gasteiger partial charge in [-0.1, -0.05) is 45.5 Å². The van der Waals surface area contributed by atoms with E-state index in [9.17, 15) is 0 Å². The van der Waals surface area contributed by atoms with E-state index in [1.54, 1.807) is 0 Å². The molecule has 4 unspecified atom stereocenters. The molecule has 20 heteroatoms. The van der Waals surface area contributed by atoms with Gasteiger partial charge in [0.25, 0.3) is 0 Å². The molecular weight excluding hydrogens is 653 g/mol. The molecule has 0 bridgehead atoms. The van der Waals surface area contributed by atoms with Crippen molar-refractivity contribution in [1.82, 2.24) is 0 Å². The summed E-state index contributed by atoms with van der Waals surface area (Å²) in [5, 5.41) is 0. The molecule has 186 valence electrons. The first-order valence-electron chi connectivity index (χ1n) is 9.43. The maximum absolute atomic E-state index is 6.35. The van der Waals surface area contributed by atoms with Crippen LogP contribution in [0.1, 0.15) is 0 Å². The third-order valence-electron chi connectivity index (χ3n) is 4.07. The minimum Gasteiger partial charge on any atom is -0.321 e. The predicted molar refractivity (Wildman–Crippen MR) is 152 cm³/mol. The van der Waals surface area contributed by atoms with E-state index in [1.807, 2.05) is 0 Å². The molecule has 0 aromatic carbocycles. The highest BCUT2D eigenvalue weighted by molar-refractivity contribution is 8.69. The fourth-order valence-electron chi connectivity index (χ4n) is 2.68. The molecule has 0 aliphatic carbocycles. The number of rotatable bonds is 11. The minimum absolute atomic E-state index is 0.123. The highest BCUT2D eigenvalue weighted by atomic mass is 32.9. The van der Waals surface area contributed by atoms with Crippen LogP contribution in [0.3, 0.4) is 0 Å². The third-order valence-corrected chi connectivity index (χ3v) is 25.3. The van der Waals surface area contributed by atoms with Gasteiger partial charge in [-0.15, -0.1) is 0 Å². The lowest BCUT2D eigenvalue weighted by molar-refractivity contribution is 0.00169. The molecule has 4 fully saturated rings. The molecule has 0 aromatic heterocycles. The molecule has 4 aliphatic rings. The van der Waals surface area contributed by atoms with Crippen LogP contribution in [0.25, 0.3) is 0 Å². The van der Waals surface area contributed by atoms with Crippen molar-refractivity contribution in [1.29, 1.82) is 0 Å². The van der Waals surface area contributed by atoms with Crippen molar-refractivity contribution in [2.24, 2.45) is 0 Å². The van der Waals surface area contributed by atoms with E-state index in [0.29, 0.717) is 26.4 Å². The molecule has 0 saturated carbocycles. The lowest BCUT2D eigenvalue weighted by Crippen LogP contribution is -2.37. The molecule has 6 atom stereocenters. The summed E-state index contributed by atoms with van der Waals surface area (Å²) < 4.78 is 47.8. The van der Waals surface area contributed by atoms with E-state index in [-0.39, 0.29) is 13.2 Å². The summed E-state index contributed by atoms with van der Waals surface area (Å²) in [4.78, 5) is 0. The van der Waals surface area contributed by atoms with Gasteiger partial charge >= 0.3 is 0 Å². The molecule has 0 N–H and O–H groups in total. The van der Waals surface area contributed by atoms with Gasteiger partial charge in [-0.25, -0.2) is 0 Å². The van der Waals surface area contributed by atoms with E-state index < -0.39 is 35.0 Å². The van der Waals surface area contributed by atoms with Gasteiger partial charge in [-0.05, 0) is 47.2 Å². The van der Waals surface area contributed by atoms with E-state index >= 15 is 0 Å². The van der Waals surface area contributed by atoms with E-state index in [1.165, 1.54) is 45.5 Å². The summed E-state index contributed by atoms with van der Waals surface area (Å²) in [6, 6.07) is 0. The minimum atomic E-state index is -2.55. The average molecular weight is 675 g/mol. The molecule has 0 radical (unpaired) electrons. The largest absolute Gasteiger partial charge is 0.321 e. The first-order chi connectivity index (χ1) is 15.2. The third kappa shape index (κ3) is 8.34. The second kappa shape index (κ2) is 12.7. The van der Waals surface area contributed by atoms with Crippen LogP contribution >= 0.6 is 68.3 Å². The fourth-order valence-corrected chi connectivity index (χ4v) is 20.3. The van der Waals surface area contributed by atoms with Crippen LogP contribution in [0.5, 0.6) is 0 Å². The fraction of sp³-hybridized carbons (Fsp3) is 1.00. The Balaban J connectivity index is 1.52. The molecule has 32 heavy (non-hydrogen) atoms. The molecule has 0 spiro atoms. The zero-order chi connectivity index (χ0) is 22.7. The smallest absolute Gasteiger partial charge is 0.247 e. The van der Waals surface area contributed by atoms with Crippen molar-refractivity contribution in [3.05, 3.63) is 0 Å². The van der Waals surface area contributed by atoms with Crippen LogP contribution in [0.15, 0.2) is 0 Å². The average Bonchev–Trinajstić information content (AvgIpc) is 3.54. The van der Waals surface area contributed by atoms with Crippen LogP contribution in [0, 0.1) is 0 Å². The maximum atomic E-state index is 6.35. The summed E-state index contributed by atoms with van der Waals surface area (Å²) in [5.41, 5.74) is -9.96. The van der Waals surface area contributed by atoms with Crippen LogP contribution in [-0.2, 0) is 83.4 Å². The Morgan fingerprint density at radius 1 is 0.562 bits per heavy atom. The summed E-state index contributed by atoms with van der Waals surface area (Å²) in [6.45, 7) is 2.51. The van der Waals surface area contributed by atoms with Gasteiger partial charge in [0, 0.05) is 23.0 Å². The van der Waals surface area contributed by atoms with E-state index in [0.717, 1.165) is 23.0 Å². The van der Waals surface area contributed by atoms with Crippen molar-refractivity contribution in [3.8, 4) is 0 Å². The van der Waals surface area contributed by atoms with Gasteiger partial charge in [0.15, 0.2) is 0 Å². The highest BCUT2D eigenvalue weighted by Crippen LogP contribution is 2.70. The first-order valence-corrected chi connectivity index (χ1v) is 26.3. The first kappa shape index (κ1) is 28.7. The molecule has 8 nitrogen and oxygen atoms in total. The zero-order valence-electron chi connectivity index (χ0n) is 16.5. The van der Waals surface area contributed by atoms with Crippen LogP contribution in [0.4, 0.5) is 0 Å². The van der Waals surface area contributed by atoms with Gasteiger partial charge in [-0.2, -0.15) is 0 Å². The number of hydrogen-bond acceptors (Lipinski definition) is 16. The molecule has 0 amide bonds. The predicted octanol–water partition coefficient (Wildman–Crippen LogP) is 5.74. The number of hydrogen-bond donors (Lipinski definition) is 0. The maximum Gasteiger partial charge on any atom is 0.247 e. The molecule has 4 saturated heterocycles. The van der Waals surface area contributed by atoms with E-state index in [4.69, 9.17) is 83.4 Å². The van der Waals surface area contributed by atoms with Crippen LogP contribution in [0.2, 0.25) is 0 Å². The summed E-state index contributed by atoms with van der Waals surface area (Å²) in [5.74, 6) is 3.19. The second-order valence-electron chi connectivity index (χ2n) is 6.33. The van der Waals surface area contributed by atoms with E-state index in [2.05, 4.69) is 0 Å². The Labute approximate surface area is 224 Å². The van der Waals surface area contributed by atoms with Crippen molar-refractivity contribution >= 4 is 116 Å². The Bertz CT molecular complexity index is 757. The summed E-state index contributed by atoms with van der Waals surface area (Å²) in [7, 11) is 0. The monoisotopic (exact) mass is 674 g/mol. The van der Waals surface area contributed by atoms with Gasteiger partial charge in [0.1, 0.15) is 12.2 Å². The highest BCUT2D eigenvalue weighted by Gasteiger charge is 2.41. The van der Waals surface area contributed by atoms with Crippen molar-refractivity contribution in [2.45, 2.75) is 12.2 Å². The lowest BCUT2D eigenvalue weighted by atomic mass is 10.2. The Morgan fingerprint density at radius 3 is 1.16 bits per heavy atom. The van der Waals surface area contributed by atoms with Gasteiger partial charge in [0.2, 0.25) is 22.8 Å². The second-order valence-corrected chi connectivity index (χ2v) is 32.0. The van der Waals surface area contributed by atoms with Crippen molar-refractivity contribution in [3.63, 3.8) is 0 Å². The van der Waals surface area contributed by atoms with Gasteiger partial charge < -0.3 is 36.2 Å². The Hall–Kier alpha value is 3.68. The Morgan fingerprint density at radius 2 is 0.875 bits per heavy atom. The molecular formula is C12H22O8P4S8. The van der Waals surface area contributed by atoms with Crippen LogP contribution in [-0.4, -0.2) is 74.9 Å². The lowest BCUT2D eigenvalue weighted by Gasteiger charge is -2.33. The van der Waals surface area contributed by atoms with Gasteiger partial charge in [0.05, 0.1) is 39.6 Å². The molecule has 4 rings (SSSR count). The van der Waals surface area contributed by atoms with Crippen molar-refractivity contribution < 1.29 is 36.2 Å². The quantitative estimate of drug-likeness (QED) is 0.250. The van der Waals surface area contributed by atoms with Crippen LogP contribution < -0.4 is 0 Å². The van der Waals surface area contributed by atoms with Crippen molar-refractivity contribution in [2.75, 3.05) is 62.7 Å². The topological polar surface area (TPSA) is 73.8 Å². The molecule has 4 heterocycles. The SMILES string of the molecule is S=P1(OC[C@H](OP2(=S)OCCS2)[C@@H](COP2(=S)OCCS2)OP2(=S)OCCS2)OCCS1. The molecule has 4 aliphatic heterocycles. The molecule has 0 aromatic rings. The summed E-state index contributed by atoms with van der Waals surface area (Å²) in [6.07, 6.45) is -1.26. The zero-order valence-corrected chi connectivity index (χ0v) is 26.7. The Kier molecular flexibility index (Phi) is 11.4. The standard InChI is InChI=1S/C12H22O8P4S8/c25-21(13-1-5-29-21)17-9-11(19-23(27)15-3-7-31-23)12(20-24(28)16-4-8-32-24)10-18-22(26)14-2-6-30-22/h11-12H,1-10H2/t11-,12+,21?,22?,23?,24?. The normalized spacial score (nSPS) is 41.9.